The monoisotopic (exact) mass is 128 g/mol. The highest BCUT2D eigenvalue weighted by molar-refractivity contribution is 4.79. The van der Waals surface area contributed by atoms with Crippen LogP contribution in [0.1, 0.15) is 26.7 Å². The van der Waals surface area contributed by atoms with Gasteiger partial charge in [0.1, 0.15) is 0 Å². The molecule has 0 heterocycles. The second kappa shape index (κ2) is 2.70. The average Bonchev–Trinajstić information content (AvgIpc) is 2.12. The first kappa shape index (κ1) is 7.07. The van der Waals surface area contributed by atoms with E-state index in [1.165, 1.54) is 12.8 Å². The molecule has 0 aromatic carbocycles. The van der Waals surface area contributed by atoms with Crippen molar-refractivity contribution in [2.45, 2.75) is 32.8 Å². The summed E-state index contributed by atoms with van der Waals surface area (Å²) in [6.45, 7) is 4.55. The molecule has 0 radical (unpaired) electrons. The molecule has 0 spiro atoms. The molecule has 2 unspecified atom stereocenters. The van der Waals surface area contributed by atoms with E-state index in [-0.39, 0.29) is 0 Å². The summed E-state index contributed by atoms with van der Waals surface area (Å²) >= 11 is 0. The van der Waals surface area contributed by atoms with E-state index >= 15 is 0 Å². The minimum absolute atomic E-state index is 0.532. The lowest BCUT2D eigenvalue weighted by Gasteiger charge is -2.17. The summed E-state index contributed by atoms with van der Waals surface area (Å²) in [5.74, 6) is 1.56. The van der Waals surface area contributed by atoms with Gasteiger partial charge in [0.25, 0.3) is 0 Å². The molecule has 1 aliphatic rings. The molecule has 9 heavy (non-hydrogen) atoms. The van der Waals surface area contributed by atoms with E-state index in [0.29, 0.717) is 6.10 Å². The molecule has 0 amide bonds. The van der Waals surface area contributed by atoms with Gasteiger partial charge < -0.3 is 4.74 Å². The van der Waals surface area contributed by atoms with Gasteiger partial charge in [0, 0.05) is 7.11 Å². The number of hydrogen-bond donors (Lipinski definition) is 0. The molecule has 1 nitrogen and oxygen atoms in total. The maximum Gasteiger partial charge on any atom is 0.0622 e. The van der Waals surface area contributed by atoms with E-state index in [0.717, 1.165) is 11.8 Å². The van der Waals surface area contributed by atoms with Crippen molar-refractivity contribution in [2.24, 2.45) is 11.8 Å². The lowest BCUT2D eigenvalue weighted by Crippen LogP contribution is -2.19. The second-order valence-electron chi connectivity index (χ2n) is 3.23. The first-order valence-corrected chi connectivity index (χ1v) is 3.78. The van der Waals surface area contributed by atoms with E-state index in [2.05, 4.69) is 13.8 Å². The van der Waals surface area contributed by atoms with Gasteiger partial charge >= 0.3 is 0 Å². The zero-order valence-corrected chi connectivity index (χ0v) is 6.55. The topological polar surface area (TPSA) is 9.23 Å². The maximum atomic E-state index is 5.34. The SMILES string of the molecule is COC1C(C)CCC1C. The Morgan fingerprint density at radius 1 is 1.11 bits per heavy atom. The van der Waals surface area contributed by atoms with Crippen LogP contribution in [-0.4, -0.2) is 13.2 Å². The largest absolute Gasteiger partial charge is 0.381 e. The number of methoxy groups -OCH3 is 1. The molecule has 1 heteroatoms. The molecule has 0 bridgehead atoms. The molecule has 0 aromatic rings. The van der Waals surface area contributed by atoms with Crippen LogP contribution in [0.4, 0.5) is 0 Å². The summed E-state index contributed by atoms with van der Waals surface area (Å²) < 4.78 is 5.34. The van der Waals surface area contributed by atoms with Crippen molar-refractivity contribution in [3.8, 4) is 0 Å². The summed E-state index contributed by atoms with van der Waals surface area (Å²) in [5.41, 5.74) is 0. The minimum atomic E-state index is 0.532. The van der Waals surface area contributed by atoms with E-state index in [9.17, 15) is 0 Å². The summed E-state index contributed by atoms with van der Waals surface area (Å²) in [4.78, 5) is 0. The molecule has 1 rings (SSSR count). The maximum absolute atomic E-state index is 5.34. The zero-order chi connectivity index (χ0) is 6.85. The number of rotatable bonds is 1. The van der Waals surface area contributed by atoms with Gasteiger partial charge in [0.15, 0.2) is 0 Å². The van der Waals surface area contributed by atoms with Crippen molar-refractivity contribution in [1.29, 1.82) is 0 Å². The third-order valence-corrected chi connectivity index (χ3v) is 2.47. The fourth-order valence-electron chi connectivity index (χ4n) is 1.88. The smallest absolute Gasteiger partial charge is 0.0622 e. The molecule has 0 aromatic heterocycles. The zero-order valence-electron chi connectivity index (χ0n) is 6.55. The molecule has 0 aliphatic heterocycles. The summed E-state index contributed by atoms with van der Waals surface area (Å²) in [7, 11) is 1.82. The summed E-state index contributed by atoms with van der Waals surface area (Å²) in [6, 6.07) is 0. The average molecular weight is 128 g/mol. The van der Waals surface area contributed by atoms with Crippen molar-refractivity contribution in [1.82, 2.24) is 0 Å². The van der Waals surface area contributed by atoms with Crippen LogP contribution < -0.4 is 0 Å². The number of ether oxygens (including phenoxy) is 1. The Labute approximate surface area is 57.4 Å². The van der Waals surface area contributed by atoms with E-state index in [1.54, 1.807) is 0 Å². The predicted molar refractivity (Wildman–Crippen MR) is 38.4 cm³/mol. The van der Waals surface area contributed by atoms with Crippen LogP contribution in [0.3, 0.4) is 0 Å². The summed E-state index contributed by atoms with van der Waals surface area (Å²) in [5, 5.41) is 0. The fraction of sp³-hybridized carbons (Fsp3) is 1.00. The van der Waals surface area contributed by atoms with Gasteiger partial charge in [0.05, 0.1) is 6.10 Å². The van der Waals surface area contributed by atoms with Crippen LogP contribution in [0.15, 0.2) is 0 Å². The normalized spacial score (nSPS) is 43.7. The van der Waals surface area contributed by atoms with Crippen LogP contribution in [0.25, 0.3) is 0 Å². The third-order valence-electron chi connectivity index (χ3n) is 2.47. The molecule has 1 fully saturated rings. The fourth-order valence-corrected chi connectivity index (χ4v) is 1.88. The molecular formula is C8H16O. The van der Waals surface area contributed by atoms with Gasteiger partial charge in [-0.25, -0.2) is 0 Å². The lowest BCUT2D eigenvalue weighted by molar-refractivity contribution is 0.0488. The molecule has 54 valence electrons. The Balaban J connectivity index is 2.44. The first-order chi connectivity index (χ1) is 4.25. The van der Waals surface area contributed by atoms with Gasteiger partial charge in [-0.3, -0.25) is 0 Å². The van der Waals surface area contributed by atoms with Gasteiger partial charge in [-0.15, -0.1) is 0 Å². The Morgan fingerprint density at radius 2 is 1.56 bits per heavy atom. The van der Waals surface area contributed by atoms with E-state index in [4.69, 9.17) is 4.74 Å². The Bertz CT molecular complexity index is 80.6. The van der Waals surface area contributed by atoms with Gasteiger partial charge in [-0.1, -0.05) is 13.8 Å². The molecule has 1 saturated carbocycles. The number of hydrogen-bond acceptors (Lipinski definition) is 1. The van der Waals surface area contributed by atoms with Gasteiger partial charge in [-0.2, -0.15) is 0 Å². The van der Waals surface area contributed by atoms with Gasteiger partial charge in [-0.05, 0) is 24.7 Å². The Morgan fingerprint density at radius 3 is 1.78 bits per heavy atom. The molecule has 0 N–H and O–H groups in total. The quantitative estimate of drug-likeness (QED) is 0.525. The van der Waals surface area contributed by atoms with Crippen molar-refractivity contribution in [3.05, 3.63) is 0 Å². The molecule has 2 atom stereocenters. The second-order valence-corrected chi connectivity index (χ2v) is 3.23. The molecular weight excluding hydrogens is 112 g/mol. The van der Waals surface area contributed by atoms with E-state index in [1.807, 2.05) is 7.11 Å². The third kappa shape index (κ3) is 1.26. The molecule has 0 saturated heterocycles. The van der Waals surface area contributed by atoms with Crippen molar-refractivity contribution >= 4 is 0 Å². The Hall–Kier alpha value is -0.0400. The van der Waals surface area contributed by atoms with Crippen LogP contribution in [0.5, 0.6) is 0 Å². The van der Waals surface area contributed by atoms with E-state index < -0.39 is 0 Å². The summed E-state index contributed by atoms with van der Waals surface area (Å²) in [6.07, 6.45) is 3.23. The van der Waals surface area contributed by atoms with Crippen LogP contribution in [-0.2, 0) is 4.74 Å². The Kier molecular flexibility index (Phi) is 2.12. The van der Waals surface area contributed by atoms with Crippen LogP contribution in [0, 0.1) is 11.8 Å². The highest BCUT2D eigenvalue weighted by atomic mass is 16.5. The first-order valence-electron chi connectivity index (χ1n) is 3.78. The lowest BCUT2D eigenvalue weighted by atomic mass is 10.0. The van der Waals surface area contributed by atoms with Crippen molar-refractivity contribution < 1.29 is 4.74 Å². The highest BCUT2D eigenvalue weighted by Gasteiger charge is 2.29. The molecule has 1 aliphatic carbocycles. The van der Waals surface area contributed by atoms with Crippen LogP contribution >= 0.6 is 0 Å². The highest BCUT2D eigenvalue weighted by Crippen LogP contribution is 2.32. The van der Waals surface area contributed by atoms with Gasteiger partial charge in [0.2, 0.25) is 0 Å². The van der Waals surface area contributed by atoms with Crippen LogP contribution in [0.2, 0.25) is 0 Å². The minimum Gasteiger partial charge on any atom is -0.381 e. The predicted octanol–water partition coefficient (Wildman–Crippen LogP) is 2.07. The standard InChI is InChI=1S/C8H16O/c1-6-4-5-7(2)8(6)9-3/h6-8H,4-5H2,1-3H3. The van der Waals surface area contributed by atoms with Crippen molar-refractivity contribution in [2.75, 3.05) is 7.11 Å². The van der Waals surface area contributed by atoms with Crippen molar-refractivity contribution in [3.63, 3.8) is 0 Å².